The zero-order valence-corrected chi connectivity index (χ0v) is 12.0. The molecule has 104 valence electrons. The van der Waals surface area contributed by atoms with Crippen LogP contribution in [0.25, 0.3) is 10.8 Å². The van der Waals surface area contributed by atoms with Gasteiger partial charge in [0.15, 0.2) is 0 Å². The lowest BCUT2D eigenvalue weighted by Gasteiger charge is -2.02. The predicted octanol–water partition coefficient (Wildman–Crippen LogP) is 3.69. The van der Waals surface area contributed by atoms with Crippen molar-refractivity contribution in [3.8, 4) is 0 Å². The number of anilines is 1. The lowest BCUT2D eigenvalue weighted by atomic mass is 10.1. The molecule has 0 amide bonds. The third-order valence-electron chi connectivity index (χ3n) is 3.13. The first kappa shape index (κ1) is 13.2. The quantitative estimate of drug-likeness (QED) is 0.586. The van der Waals surface area contributed by atoms with Gasteiger partial charge in [0.2, 0.25) is 5.95 Å². The van der Waals surface area contributed by atoms with Crippen LogP contribution in [0.3, 0.4) is 0 Å². The van der Waals surface area contributed by atoms with Crippen molar-refractivity contribution in [3.05, 3.63) is 65.5 Å². The topological polar surface area (TPSA) is 50.2 Å². The molecule has 1 N–H and O–H groups in total. The van der Waals surface area contributed by atoms with Crippen LogP contribution in [0.5, 0.6) is 0 Å². The zero-order valence-electron chi connectivity index (χ0n) is 12.0. The van der Waals surface area contributed by atoms with Crippen molar-refractivity contribution < 1.29 is 0 Å². The van der Waals surface area contributed by atoms with Crippen LogP contribution in [-0.4, -0.2) is 16.2 Å². The third-order valence-corrected chi connectivity index (χ3v) is 3.13. The van der Waals surface area contributed by atoms with Crippen LogP contribution < -0.4 is 5.43 Å². The van der Waals surface area contributed by atoms with E-state index in [0.717, 1.165) is 17.0 Å². The molecule has 1 aromatic heterocycles. The molecule has 1 heterocycles. The van der Waals surface area contributed by atoms with Gasteiger partial charge in [0.1, 0.15) is 0 Å². The summed E-state index contributed by atoms with van der Waals surface area (Å²) in [6.45, 7) is 3.87. The summed E-state index contributed by atoms with van der Waals surface area (Å²) in [5.41, 5.74) is 5.75. The van der Waals surface area contributed by atoms with Gasteiger partial charge in [0.25, 0.3) is 0 Å². The molecule has 3 aromatic rings. The monoisotopic (exact) mass is 276 g/mol. The molecule has 0 unspecified atom stereocenters. The molecule has 0 atom stereocenters. The number of nitrogens with one attached hydrogen (secondary N) is 1. The number of rotatable bonds is 3. The highest BCUT2D eigenvalue weighted by molar-refractivity contribution is 5.90. The lowest BCUT2D eigenvalue weighted by molar-refractivity contribution is 1.04. The second kappa shape index (κ2) is 5.71. The van der Waals surface area contributed by atoms with Crippen LogP contribution in [0.2, 0.25) is 0 Å². The Bertz CT molecular complexity index is 788. The first-order valence-corrected chi connectivity index (χ1v) is 6.81. The molecule has 2 aromatic carbocycles. The molecule has 4 nitrogen and oxygen atoms in total. The van der Waals surface area contributed by atoms with Crippen molar-refractivity contribution in [2.45, 2.75) is 13.8 Å². The van der Waals surface area contributed by atoms with E-state index in [0.29, 0.717) is 5.95 Å². The maximum atomic E-state index is 4.28. The molecule has 0 radical (unpaired) electrons. The average molecular weight is 276 g/mol. The van der Waals surface area contributed by atoms with Crippen molar-refractivity contribution in [1.29, 1.82) is 0 Å². The van der Waals surface area contributed by atoms with Crippen LogP contribution in [0, 0.1) is 13.8 Å². The maximum Gasteiger partial charge on any atom is 0.243 e. The lowest BCUT2D eigenvalue weighted by Crippen LogP contribution is -1.99. The minimum absolute atomic E-state index is 0.518. The van der Waals surface area contributed by atoms with Crippen LogP contribution in [0.15, 0.2) is 53.6 Å². The highest BCUT2D eigenvalue weighted by Gasteiger charge is 1.97. The number of hydrogen-bond donors (Lipinski definition) is 1. The smallest absolute Gasteiger partial charge is 0.243 e. The van der Waals surface area contributed by atoms with Gasteiger partial charge in [-0.2, -0.15) is 5.10 Å². The third kappa shape index (κ3) is 3.23. The highest BCUT2D eigenvalue weighted by atomic mass is 15.3. The number of hydrazone groups is 1. The summed E-state index contributed by atoms with van der Waals surface area (Å²) >= 11 is 0. The molecule has 3 rings (SSSR count). The fraction of sp³-hybridized carbons (Fsp3) is 0.118. The Morgan fingerprint density at radius 2 is 1.62 bits per heavy atom. The zero-order chi connectivity index (χ0) is 14.7. The van der Waals surface area contributed by atoms with Gasteiger partial charge in [-0.3, -0.25) is 0 Å². The summed E-state index contributed by atoms with van der Waals surface area (Å²) in [6.07, 6.45) is 1.77. The van der Waals surface area contributed by atoms with E-state index < -0.39 is 0 Å². The van der Waals surface area contributed by atoms with E-state index >= 15 is 0 Å². The SMILES string of the molecule is Cc1cc(C)nc(N/N=C\c2ccc3ccccc3c2)n1. The Labute approximate surface area is 123 Å². The van der Waals surface area contributed by atoms with Gasteiger partial charge in [-0.25, -0.2) is 15.4 Å². The first-order chi connectivity index (χ1) is 10.2. The van der Waals surface area contributed by atoms with Crippen molar-refractivity contribution in [3.63, 3.8) is 0 Å². The summed E-state index contributed by atoms with van der Waals surface area (Å²) in [4.78, 5) is 8.56. The minimum Gasteiger partial charge on any atom is -0.245 e. The van der Waals surface area contributed by atoms with Gasteiger partial charge < -0.3 is 0 Å². The van der Waals surface area contributed by atoms with Gasteiger partial charge in [0.05, 0.1) is 6.21 Å². The Morgan fingerprint density at radius 1 is 0.905 bits per heavy atom. The normalized spacial score (nSPS) is 11.1. The summed E-state index contributed by atoms with van der Waals surface area (Å²) in [5.74, 6) is 0.518. The van der Waals surface area contributed by atoms with Gasteiger partial charge in [0, 0.05) is 11.4 Å². The van der Waals surface area contributed by atoms with E-state index in [1.807, 2.05) is 38.1 Å². The number of aromatic nitrogens is 2. The molecular weight excluding hydrogens is 260 g/mol. The van der Waals surface area contributed by atoms with E-state index in [2.05, 4.69) is 44.8 Å². The molecule has 0 fully saturated rings. The second-order valence-corrected chi connectivity index (χ2v) is 4.95. The first-order valence-electron chi connectivity index (χ1n) is 6.81. The second-order valence-electron chi connectivity index (χ2n) is 4.95. The van der Waals surface area contributed by atoms with E-state index in [1.165, 1.54) is 10.8 Å². The molecule has 21 heavy (non-hydrogen) atoms. The highest BCUT2D eigenvalue weighted by Crippen LogP contribution is 2.14. The predicted molar refractivity (Wildman–Crippen MR) is 86.7 cm³/mol. The van der Waals surface area contributed by atoms with E-state index in [4.69, 9.17) is 0 Å². The Morgan fingerprint density at radius 3 is 2.38 bits per heavy atom. The molecule has 0 saturated heterocycles. The molecule has 0 bridgehead atoms. The van der Waals surface area contributed by atoms with E-state index in [-0.39, 0.29) is 0 Å². The summed E-state index contributed by atoms with van der Waals surface area (Å²) in [7, 11) is 0. The molecule has 0 spiro atoms. The van der Waals surface area contributed by atoms with Crippen molar-refractivity contribution in [2.24, 2.45) is 5.10 Å². The molecule has 0 aliphatic heterocycles. The van der Waals surface area contributed by atoms with Crippen molar-refractivity contribution in [1.82, 2.24) is 9.97 Å². The fourth-order valence-electron chi connectivity index (χ4n) is 2.23. The molecule has 4 heteroatoms. The van der Waals surface area contributed by atoms with E-state index in [9.17, 15) is 0 Å². The van der Waals surface area contributed by atoms with Gasteiger partial charge in [-0.1, -0.05) is 36.4 Å². The fourth-order valence-corrected chi connectivity index (χ4v) is 2.23. The van der Waals surface area contributed by atoms with Gasteiger partial charge in [-0.05, 0) is 42.3 Å². The standard InChI is InChI=1S/C17H16N4/c1-12-9-13(2)20-17(19-12)21-18-11-14-7-8-15-5-3-4-6-16(15)10-14/h3-11H,1-2H3,(H,19,20,21)/b18-11-. The Hall–Kier alpha value is -2.75. The Kier molecular flexibility index (Phi) is 3.60. The van der Waals surface area contributed by atoms with Crippen molar-refractivity contribution >= 4 is 22.9 Å². The summed E-state index contributed by atoms with van der Waals surface area (Å²) in [6, 6.07) is 16.4. The summed E-state index contributed by atoms with van der Waals surface area (Å²) in [5, 5.41) is 6.62. The van der Waals surface area contributed by atoms with Crippen LogP contribution >= 0.6 is 0 Å². The van der Waals surface area contributed by atoms with Crippen LogP contribution in [-0.2, 0) is 0 Å². The Balaban J connectivity index is 1.78. The van der Waals surface area contributed by atoms with Crippen molar-refractivity contribution in [2.75, 3.05) is 5.43 Å². The minimum atomic E-state index is 0.518. The number of fused-ring (bicyclic) bond motifs is 1. The summed E-state index contributed by atoms with van der Waals surface area (Å²) < 4.78 is 0. The number of hydrogen-bond acceptors (Lipinski definition) is 4. The van der Waals surface area contributed by atoms with Crippen LogP contribution in [0.1, 0.15) is 17.0 Å². The number of aryl methyl sites for hydroxylation is 2. The average Bonchev–Trinajstić information content (AvgIpc) is 2.46. The maximum absolute atomic E-state index is 4.28. The van der Waals surface area contributed by atoms with E-state index in [1.54, 1.807) is 6.21 Å². The largest absolute Gasteiger partial charge is 0.245 e. The molecule has 0 aliphatic rings. The van der Waals surface area contributed by atoms with Crippen LogP contribution in [0.4, 0.5) is 5.95 Å². The molecule has 0 saturated carbocycles. The van der Waals surface area contributed by atoms with Gasteiger partial charge >= 0.3 is 0 Å². The molecular formula is C17H16N4. The molecule has 0 aliphatic carbocycles. The van der Waals surface area contributed by atoms with Gasteiger partial charge in [-0.15, -0.1) is 0 Å². The number of benzene rings is 2. The number of nitrogens with zero attached hydrogens (tertiary/aromatic N) is 3.